The number of rotatable bonds is 4. The maximum atomic E-state index is 14.4. The summed E-state index contributed by atoms with van der Waals surface area (Å²) in [5, 5.41) is 0. The second kappa shape index (κ2) is 5.95. The lowest BCUT2D eigenvalue weighted by molar-refractivity contribution is 0.419. The van der Waals surface area contributed by atoms with Crippen LogP contribution in [-0.2, 0) is 20.0 Å². The maximum absolute atomic E-state index is 14.4. The van der Waals surface area contributed by atoms with E-state index in [1.165, 1.54) is 0 Å². The zero-order valence-electron chi connectivity index (χ0n) is 11.1. The molecule has 10 heteroatoms. The van der Waals surface area contributed by atoms with Gasteiger partial charge in [0, 0.05) is 11.6 Å². The van der Waals surface area contributed by atoms with Gasteiger partial charge in [0.05, 0.1) is 0 Å². The van der Waals surface area contributed by atoms with E-state index in [0.717, 1.165) is 24.3 Å². The lowest BCUT2D eigenvalue weighted by atomic mass is 10.2. The number of alkyl halides is 1. The van der Waals surface area contributed by atoms with Crippen molar-refractivity contribution < 1.29 is 34.6 Å². The average Bonchev–Trinajstić information content (AvgIpc) is 2.45. The summed E-state index contributed by atoms with van der Waals surface area (Å²) < 4.78 is 96.6. The molecule has 1 atom stereocenters. The Balaban J connectivity index is 2.63. The quantitative estimate of drug-likeness (QED) is 0.664. The minimum atomic E-state index is -5.01. The molecule has 0 heterocycles. The summed E-state index contributed by atoms with van der Waals surface area (Å²) in [7, 11) is -9.90. The summed E-state index contributed by atoms with van der Waals surface area (Å²) in [6, 6.07) is 5.33. The number of hydrogen-bond donors (Lipinski definition) is 1. The van der Waals surface area contributed by atoms with Gasteiger partial charge in [0.1, 0.15) is 21.4 Å². The molecule has 2 aromatic rings. The number of sulfone groups is 1. The van der Waals surface area contributed by atoms with Gasteiger partial charge in [-0.2, -0.15) is 8.42 Å². The highest BCUT2D eigenvalue weighted by molar-refractivity contribution is 7.91. The molecule has 0 amide bonds. The van der Waals surface area contributed by atoms with Gasteiger partial charge in [-0.3, -0.25) is 4.55 Å². The molecule has 0 aromatic heterocycles. The van der Waals surface area contributed by atoms with Crippen molar-refractivity contribution in [1.82, 2.24) is 0 Å². The molecule has 0 spiro atoms. The first-order chi connectivity index (χ1) is 10.5. The summed E-state index contributed by atoms with van der Waals surface area (Å²) >= 11 is 0. The van der Waals surface area contributed by atoms with E-state index in [1.54, 1.807) is 0 Å². The monoisotopic (exact) mass is 366 g/mol. The van der Waals surface area contributed by atoms with Crippen LogP contribution in [0.2, 0.25) is 0 Å². The summed E-state index contributed by atoms with van der Waals surface area (Å²) in [5.74, 6) is -2.58. The first-order valence-corrected chi connectivity index (χ1v) is 8.93. The first-order valence-electron chi connectivity index (χ1n) is 5.94. The Kier molecular flexibility index (Phi) is 4.51. The largest absolute Gasteiger partial charge is 0.294 e. The van der Waals surface area contributed by atoms with Crippen LogP contribution < -0.4 is 0 Å². The molecular formula is C13H9F3O5S2. The Hall–Kier alpha value is -1.91. The second-order valence-corrected chi connectivity index (χ2v) is 7.78. The van der Waals surface area contributed by atoms with Gasteiger partial charge in [-0.25, -0.2) is 21.6 Å². The van der Waals surface area contributed by atoms with E-state index < -0.39 is 52.4 Å². The zero-order valence-corrected chi connectivity index (χ0v) is 12.8. The Bertz CT molecular complexity index is 955. The Labute approximate surface area is 130 Å². The van der Waals surface area contributed by atoms with Crippen LogP contribution in [0.1, 0.15) is 11.1 Å². The molecule has 0 aliphatic rings. The fourth-order valence-electron chi connectivity index (χ4n) is 1.89. The predicted octanol–water partition coefficient (Wildman–Crippen LogP) is 2.65. The molecule has 0 aliphatic heterocycles. The summed E-state index contributed by atoms with van der Waals surface area (Å²) in [5.41, 5.74) is -3.85. The van der Waals surface area contributed by atoms with Crippen LogP contribution >= 0.6 is 0 Å². The molecule has 0 aliphatic carbocycles. The normalized spacial score (nSPS) is 13.7. The predicted molar refractivity (Wildman–Crippen MR) is 73.6 cm³/mol. The van der Waals surface area contributed by atoms with Crippen molar-refractivity contribution >= 4 is 20.0 Å². The van der Waals surface area contributed by atoms with Crippen molar-refractivity contribution in [3.63, 3.8) is 0 Å². The fourth-order valence-corrected chi connectivity index (χ4v) is 4.03. The number of hydrogen-bond acceptors (Lipinski definition) is 4. The van der Waals surface area contributed by atoms with E-state index >= 15 is 0 Å². The van der Waals surface area contributed by atoms with Crippen LogP contribution in [0.5, 0.6) is 0 Å². The molecule has 0 bridgehead atoms. The van der Waals surface area contributed by atoms with E-state index in [4.69, 9.17) is 4.55 Å². The van der Waals surface area contributed by atoms with Crippen LogP contribution in [0.25, 0.3) is 0 Å². The molecule has 2 aromatic carbocycles. The summed E-state index contributed by atoms with van der Waals surface area (Å²) in [6.45, 7) is 0. The van der Waals surface area contributed by atoms with Crippen molar-refractivity contribution in [2.75, 3.05) is 0 Å². The number of halogens is 3. The molecule has 0 fully saturated rings. The van der Waals surface area contributed by atoms with Crippen molar-refractivity contribution in [3.05, 3.63) is 59.7 Å². The van der Waals surface area contributed by atoms with Gasteiger partial charge in [-0.15, -0.1) is 0 Å². The number of benzene rings is 2. The Morgan fingerprint density at radius 3 is 2.09 bits per heavy atom. The van der Waals surface area contributed by atoms with Crippen molar-refractivity contribution in [2.45, 2.75) is 15.3 Å². The molecule has 5 nitrogen and oxygen atoms in total. The summed E-state index contributed by atoms with van der Waals surface area (Å²) in [6.07, 6.45) is 0. The highest BCUT2D eigenvalue weighted by Gasteiger charge is 2.35. The Morgan fingerprint density at radius 2 is 1.52 bits per heavy atom. The van der Waals surface area contributed by atoms with Crippen LogP contribution in [0.3, 0.4) is 0 Å². The molecule has 124 valence electrons. The maximum Gasteiger partial charge on any atom is 0.294 e. The average molecular weight is 366 g/mol. The molecule has 0 saturated carbocycles. The van der Waals surface area contributed by atoms with Crippen molar-refractivity contribution in [2.24, 2.45) is 0 Å². The zero-order chi connectivity index (χ0) is 17.4. The van der Waals surface area contributed by atoms with E-state index in [1.807, 2.05) is 0 Å². The molecule has 0 saturated heterocycles. The van der Waals surface area contributed by atoms with Gasteiger partial charge >= 0.3 is 0 Å². The third kappa shape index (κ3) is 3.38. The van der Waals surface area contributed by atoms with E-state index in [-0.39, 0.29) is 6.07 Å². The van der Waals surface area contributed by atoms with Gasteiger partial charge in [0.15, 0.2) is 0 Å². The lowest BCUT2D eigenvalue weighted by Crippen LogP contribution is -2.14. The van der Waals surface area contributed by atoms with Gasteiger partial charge in [-0.1, -0.05) is 18.2 Å². The van der Waals surface area contributed by atoms with E-state index in [9.17, 15) is 30.0 Å². The standard InChI is InChI=1S/C13H9F3O5S2/c14-8-5-6-12(10(15)7-8)22(17,18)13(16)9-3-1-2-4-11(9)23(19,20)21/h1-7,13H,(H,19,20,21). The van der Waals surface area contributed by atoms with Crippen LogP contribution in [-0.4, -0.2) is 21.4 Å². The minimum absolute atomic E-state index is 0.258. The van der Waals surface area contributed by atoms with Crippen molar-refractivity contribution in [3.8, 4) is 0 Å². The van der Waals surface area contributed by atoms with Gasteiger partial charge in [-0.05, 0) is 18.2 Å². The first kappa shape index (κ1) is 17.4. The lowest BCUT2D eigenvalue weighted by Gasteiger charge is -2.13. The summed E-state index contributed by atoms with van der Waals surface area (Å²) in [4.78, 5) is -2.09. The molecule has 1 unspecified atom stereocenters. The van der Waals surface area contributed by atoms with Crippen LogP contribution in [0, 0.1) is 11.6 Å². The van der Waals surface area contributed by atoms with Gasteiger partial charge < -0.3 is 0 Å². The fraction of sp³-hybridized carbons (Fsp3) is 0.0769. The van der Waals surface area contributed by atoms with Gasteiger partial charge in [0.25, 0.3) is 10.1 Å². The molecule has 23 heavy (non-hydrogen) atoms. The highest BCUT2D eigenvalue weighted by atomic mass is 32.2. The second-order valence-electron chi connectivity index (χ2n) is 4.45. The molecule has 0 radical (unpaired) electrons. The van der Waals surface area contributed by atoms with Gasteiger partial charge in [0.2, 0.25) is 15.3 Å². The van der Waals surface area contributed by atoms with E-state index in [2.05, 4.69) is 0 Å². The third-order valence-electron chi connectivity index (χ3n) is 2.91. The SMILES string of the molecule is O=S(=O)(O)c1ccccc1C(F)S(=O)(=O)c1ccc(F)cc1F. The van der Waals surface area contributed by atoms with E-state index in [0.29, 0.717) is 12.1 Å². The van der Waals surface area contributed by atoms with Crippen molar-refractivity contribution in [1.29, 1.82) is 0 Å². The van der Waals surface area contributed by atoms with Crippen LogP contribution in [0.4, 0.5) is 13.2 Å². The Morgan fingerprint density at radius 1 is 0.913 bits per heavy atom. The highest BCUT2D eigenvalue weighted by Crippen LogP contribution is 2.34. The third-order valence-corrected chi connectivity index (χ3v) is 5.58. The topological polar surface area (TPSA) is 88.5 Å². The minimum Gasteiger partial charge on any atom is -0.282 e. The molecular weight excluding hydrogens is 357 g/mol. The molecule has 1 N–H and O–H groups in total. The molecule has 2 rings (SSSR count). The van der Waals surface area contributed by atoms with Crippen LogP contribution in [0.15, 0.2) is 52.3 Å². The smallest absolute Gasteiger partial charge is 0.282 e.